The first-order valence-electron chi connectivity index (χ1n) is 9.25. The standard InChI is InChI=1S/C21H22FNO2.CHN/c22-17-10-8-16(9-11-17)20-18-6-2-1-5-15(18)12-13-23(20)21(24)19-7-3-4-14-25-19;1-2/h1-2,5-6,8-11,19-20H,3-4,7,12-14H2;1H/t19-,20+;/m1./s1. The Balaban J connectivity index is 0.00000102. The van der Waals surface area contributed by atoms with Crippen LogP contribution in [0.3, 0.4) is 0 Å². The molecule has 0 spiro atoms. The maximum atomic E-state index is 13.4. The summed E-state index contributed by atoms with van der Waals surface area (Å²) in [5.41, 5.74) is 3.33. The number of benzene rings is 2. The van der Waals surface area contributed by atoms with Crippen molar-refractivity contribution in [1.29, 1.82) is 5.26 Å². The second kappa shape index (κ2) is 8.79. The summed E-state index contributed by atoms with van der Waals surface area (Å²) in [4.78, 5) is 15.1. The first kappa shape index (κ1) is 19.1. The van der Waals surface area contributed by atoms with Crippen LogP contribution in [0.5, 0.6) is 0 Å². The lowest BCUT2D eigenvalue weighted by atomic mass is 9.87. The van der Waals surface area contributed by atoms with Gasteiger partial charge in [-0.1, -0.05) is 36.4 Å². The summed E-state index contributed by atoms with van der Waals surface area (Å²) < 4.78 is 19.1. The van der Waals surface area contributed by atoms with Crippen LogP contribution in [0.2, 0.25) is 0 Å². The Morgan fingerprint density at radius 3 is 2.56 bits per heavy atom. The SMILES string of the molecule is C#N.O=C([C@H]1CCCCO1)N1CCc2ccccc2[C@@H]1c1ccc(F)cc1. The van der Waals surface area contributed by atoms with Crippen LogP contribution in [0.25, 0.3) is 0 Å². The molecule has 27 heavy (non-hydrogen) atoms. The van der Waals surface area contributed by atoms with Gasteiger partial charge in [-0.25, -0.2) is 9.65 Å². The minimum Gasteiger partial charge on any atom is -0.368 e. The molecule has 2 aromatic rings. The second-order valence-electron chi connectivity index (χ2n) is 6.79. The summed E-state index contributed by atoms with van der Waals surface area (Å²) in [6, 6.07) is 14.5. The summed E-state index contributed by atoms with van der Waals surface area (Å²) in [5.74, 6) is -0.204. The van der Waals surface area contributed by atoms with Crippen LogP contribution < -0.4 is 0 Å². The molecule has 4 rings (SSSR count). The minimum atomic E-state index is -0.345. The predicted molar refractivity (Wildman–Crippen MR) is 100 cm³/mol. The van der Waals surface area contributed by atoms with E-state index >= 15 is 0 Å². The highest BCUT2D eigenvalue weighted by Gasteiger charge is 2.36. The van der Waals surface area contributed by atoms with Gasteiger partial charge in [0, 0.05) is 19.7 Å². The maximum Gasteiger partial charge on any atom is 0.252 e. The zero-order chi connectivity index (χ0) is 19.2. The summed E-state index contributed by atoms with van der Waals surface area (Å²) >= 11 is 0. The van der Waals surface area contributed by atoms with Gasteiger partial charge in [-0.3, -0.25) is 4.79 Å². The van der Waals surface area contributed by atoms with E-state index in [1.54, 1.807) is 12.1 Å². The van der Waals surface area contributed by atoms with Gasteiger partial charge in [0.05, 0.1) is 6.04 Å². The number of amides is 1. The lowest BCUT2D eigenvalue weighted by molar-refractivity contribution is -0.148. The van der Waals surface area contributed by atoms with Gasteiger partial charge in [0.2, 0.25) is 0 Å². The van der Waals surface area contributed by atoms with Crippen molar-refractivity contribution in [2.45, 2.75) is 37.8 Å². The van der Waals surface area contributed by atoms with Gasteiger partial charge in [-0.15, -0.1) is 0 Å². The van der Waals surface area contributed by atoms with Crippen LogP contribution in [0.4, 0.5) is 4.39 Å². The molecule has 0 unspecified atom stereocenters. The molecule has 5 heteroatoms. The van der Waals surface area contributed by atoms with E-state index in [0.717, 1.165) is 36.8 Å². The van der Waals surface area contributed by atoms with Gasteiger partial charge in [0.15, 0.2) is 0 Å². The van der Waals surface area contributed by atoms with Crippen molar-refractivity contribution < 1.29 is 13.9 Å². The van der Waals surface area contributed by atoms with E-state index in [1.165, 1.54) is 17.7 Å². The molecule has 4 nitrogen and oxygen atoms in total. The number of fused-ring (bicyclic) bond motifs is 1. The van der Waals surface area contributed by atoms with E-state index in [0.29, 0.717) is 13.2 Å². The molecule has 0 N–H and O–H groups in total. The minimum absolute atomic E-state index is 0.0588. The number of nitrogens with zero attached hydrogens (tertiary/aromatic N) is 2. The average molecular weight is 366 g/mol. The number of hydrogen-bond donors (Lipinski definition) is 0. The van der Waals surface area contributed by atoms with Crippen molar-refractivity contribution in [3.63, 3.8) is 0 Å². The third-order valence-electron chi connectivity index (χ3n) is 5.21. The van der Waals surface area contributed by atoms with Gasteiger partial charge in [0.25, 0.3) is 5.91 Å². The molecule has 2 aromatic carbocycles. The van der Waals surface area contributed by atoms with Crippen LogP contribution in [-0.2, 0) is 16.0 Å². The van der Waals surface area contributed by atoms with Gasteiger partial charge >= 0.3 is 0 Å². The van der Waals surface area contributed by atoms with Crippen LogP contribution >= 0.6 is 0 Å². The lowest BCUT2D eigenvalue weighted by Gasteiger charge is -2.40. The van der Waals surface area contributed by atoms with Crippen molar-refractivity contribution in [3.8, 4) is 6.57 Å². The van der Waals surface area contributed by atoms with Gasteiger partial charge in [-0.2, -0.15) is 0 Å². The quantitative estimate of drug-likeness (QED) is 0.807. The number of carbonyl (C=O) groups excluding carboxylic acids is 1. The molecule has 1 saturated heterocycles. The Morgan fingerprint density at radius 1 is 1.11 bits per heavy atom. The second-order valence-corrected chi connectivity index (χ2v) is 6.79. The van der Waals surface area contributed by atoms with Crippen molar-refractivity contribution in [3.05, 3.63) is 71.0 Å². The van der Waals surface area contributed by atoms with Gasteiger partial charge in [0.1, 0.15) is 11.9 Å². The number of nitriles is 1. The zero-order valence-corrected chi connectivity index (χ0v) is 15.2. The lowest BCUT2D eigenvalue weighted by Crippen LogP contribution is -2.47. The molecule has 0 saturated carbocycles. The molecule has 2 heterocycles. The first-order chi connectivity index (χ1) is 13.2. The predicted octanol–water partition coefficient (Wildman–Crippen LogP) is 4.01. The molecule has 2 aliphatic heterocycles. The summed E-state index contributed by atoms with van der Waals surface area (Å²) in [6.45, 7) is 4.82. The molecule has 0 aliphatic carbocycles. The van der Waals surface area contributed by atoms with Crippen LogP contribution in [-0.4, -0.2) is 30.1 Å². The molecule has 1 amide bonds. The highest BCUT2D eigenvalue weighted by Crippen LogP contribution is 2.36. The van der Waals surface area contributed by atoms with Gasteiger partial charge < -0.3 is 9.64 Å². The monoisotopic (exact) mass is 366 g/mol. The van der Waals surface area contributed by atoms with E-state index in [-0.39, 0.29) is 23.9 Å². The molecule has 0 bridgehead atoms. The molecular formula is C22H23FN2O2. The van der Waals surface area contributed by atoms with Crippen molar-refractivity contribution in [2.24, 2.45) is 0 Å². The van der Waals surface area contributed by atoms with E-state index in [1.807, 2.05) is 17.0 Å². The topological polar surface area (TPSA) is 53.3 Å². The molecular weight excluding hydrogens is 343 g/mol. The Kier molecular flexibility index (Phi) is 6.20. The summed E-state index contributed by atoms with van der Waals surface area (Å²) in [6.07, 6.45) is 3.33. The molecule has 140 valence electrons. The van der Waals surface area contributed by atoms with Gasteiger partial charge in [-0.05, 0) is 54.5 Å². The van der Waals surface area contributed by atoms with Crippen LogP contribution in [0.1, 0.15) is 42.0 Å². The molecule has 1 fully saturated rings. The fourth-order valence-electron chi connectivity index (χ4n) is 3.93. The largest absolute Gasteiger partial charge is 0.368 e. The van der Waals surface area contributed by atoms with E-state index in [9.17, 15) is 9.18 Å². The molecule has 0 aromatic heterocycles. The molecule has 0 radical (unpaired) electrons. The van der Waals surface area contributed by atoms with E-state index < -0.39 is 0 Å². The first-order valence-corrected chi connectivity index (χ1v) is 9.25. The van der Waals surface area contributed by atoms with E-state index in [4.69, 9.17) is 10.00 Å². The molecule has 2 aliphatic rings. The van der Waals surface area contributed by atoms with Crippen LogP contribution in [0.15, 0.2) is 48.5 Å². The van der Waals surface area contributed by atoms with E-state index in [2.05, 4.69) is 18.7 Å². The van der Waals surface area contributed by atoms with Crippen molar-refractivity contribution in [1.82, 2.24) is 4.90 Å². The average Bonchev–Trinajstić information content (AvgIpc) is 2.75. The Morgan fingerprint density at radius 2 is 1.85 bits per heavy atom. The third-order valence-corrected chi connectivity index (χ3v) is 5.21. The summed E-state index contributed by atoms with van der Waals surface area (Å²) in [7, 11) is 0. The fourth-order valence-corrected chi connectivity index (χ4v) is 3.93. The normalized spacial score (nSPS) is 21.5. The van der Waals surface area contributed by atoms with Crippen molar-refractivity contribution >= 4 is 5.91 Å². The number of halogens is 1. The number of hydrogen-bond acceptors (Lipinski definition) is 3. The fraction of sp³-hybridized carbons (Fsp3) is 0.364. The highest BCUT2D eigenvalue weighted by atomic mass is 19.1. The maximum absolute atomic E-state index is 13.4. The van der Waals surface area contributed by atoms with Crippen LogP contribution in [0, 0.1) is 17.7 Å². The number of ether oxygens (including phenoxy) is 1. The summed E-state index contributed by atoms with van der Waals surface area (Å²) in [5, 5.41) is 6.50. The highest BCUT2D eigenvalue weighted by molar-refractivity contribution is 5.82. The third kappa shape index (κ3) is 4.01. The Hall–Kier alpha value is -2.71. The molecule has 2 atom stereocenters. The zero-order valence-electron chi connectivity index (χ0n) is 15.2. The Bertz CT molecular complexity index is 797. The number of rotatable bonds is 2. The Labute approximate surface area is 159 Å². The number of carbonyl (C=O) groups is 1. The smallest absolute Gasteiger partial charge is 0.252 e. The van der Waals surface area contributed by atoms with Crippen molar-refractivity contribution in [2.75, 3.05) is 13.2 Å².